The predicted octanol–water partition coefficient (Wildman–Crippen LogP) is 2.77. The number of nitrogens with zero attached hydrogens (tertiary/aromatic N) is 1. The van der Waals surface area contributed by atoms with Gasteiger partial charge in [-0.2, -0.15) is 12.6 Å². The molecule has 0 fully saturated rings. The molecule has 0 aliphatic rings. The van der Waals surface area contributed by atoms with Gasteiger partial charge in [0.05, 0.1) is 11.0 Å². The van der Waals surface area contributed by atoms with Crippen LogP contribution in [0.2, 0.25) is 0 Å². The molecule has 66 valence electrons. The fourth-order valence-corrected chi connectivity index (χ4v) is 1.49. The Morgan fingerprint density at radius 3 is 3.00 bits per heavy atom. The van der Waals surface area contributed by atoms with Gasteiger partial charge in [-0.15, -0.1) is 0 Å². The Morgan fingerprint density at radius 2 is 2.31 bits per heavy atom. The number of benzene rings is 1. The van der Waals surface area contributed by atoms with Crippen LogP contribution in [0.4, 0.5) is 0 Å². The minimum atomic E-state index is 0.847. The van der Waals surface area contributed by atoms with Crippen LogP contribution in [-0.2, 0) is 0 Å². The highest BCUT2D eigenvalue weighted by Gasteiger charge is 2.00. The van der Waals surface area contributed by atoms with Crippen molar-refractivity contribution in [1.82, 2.24) is 9.97 Å². The molecule has 0 saturated heterocycles. The number of para-hydroxylation sites is 1. The van der Waals surface area contributed by atoms with Gasteiger partial charge in [0.1, 0.15) is 5.82 Å². The fourth-order valence-electron chi connectivity index (χ4n) is 1.34. The normalized spacial score (nSPS) is 11.5. The van der Waals surface area contributed by atoms with E-state index in [4.69, 9.17) is 0 Å². The van der Waals surface area contributed by atoms with Crippen molar-refractivity contribution in [2.45, 2.75) is 6.92 Å². The summed E-state index contributed by atoms with van der Waals surface area (Å²) < 4.78 is 0. The standard InChI is InChI=1S/C10H10N2S/c1-7-3-2-4-8-10(7)12-9(11-8)5-6-13/h2-6,13H,1H3,(H,11,12). The first kappa shape index (κ1) is 8.38. The third-order valence-corrected chi connectivity index (χ3v) is 2.11. The van der Waals surface area contributed by atoms with Crippen LogP contribution in [0.1, 0.15) is 11.4 Å². The van der Waals surface area contributed by atoms with Crippen molar-refractivity contribution in [1.29, 1.82) is 0 Å². The van der Waals surface area contributed by atoms with Crippen LogP contribution in [0, 0.1) is 6.92 Å². The summed E-state index contributed by atoms with van der Waals surface area (Å²) in [4.78, 5) is 7.60. The van der Waals surface area contributed by atoms with Gasteiger partial charge in [0.2, 0.25) is 0 Å². The maximum absolute atomic E-state index is 4.41. The highest BCUT2D eigenvalue weighted by molar-refractivity contribution is 7.83. The van der Waals surface area contributed by atoms with Gasteiger partial charge in [-0.25, -0.2) is 4.98 Å². The summed E-state index contributed by atoms with van der Waals surface area (Å²) in [5.74, 6) is 0.847. The number of imidazole rings is 1. The zero-order chi connectivity index (χ0) is 9.26. The molecule has 3 heteroatoms. The second-order valence-electron chi connectivity index (χ2n) is 2.91. The zero-order valence-electron chi connectivity index (χ0n) is 7.28. The lowest BCUT2D eigenvalue weighted by molar-refractivity contribution is 1.29. The van der Waals surface area contributed by atoms with Gasteiger partial charge in [-0.05, 0) is 30.0 Å². The van der Waals surface area contributed by atoms with Gasteiger partial charge in [-0.1, -0.05) is 12.1 Å². The Hall–Kier alpha value is -1.22. The number of aryl methyl sites for hydroxylation is 1. The lowest BCUT2D eigenvalue weighted by Gasteiger charge is -1.90. The van der Waals surface area contributed by atoms with E-state index in [0.29, 0.717) is 0 Å². The molecule has 0 atom stereocenters. The topological polar surface area (TPSA) is 28.7 Å². The van der Waals surface area contributed by atoms with Crippen LogP contribution >= 0.6 is 12.6 Å². The summed E-state index contributed by atoms with van der Waals surface area (Å²) in [6, 6.07) is 6.09. The summed E-state index contributed by atoms with van der Waals surface area (Å²) in [5, 5.41) is 1.67. The third kappa shape index (κ3) is 1.47. The molecule has 1 N–H and O–H groups in total. The number of aromatic amines is 1. The van der Waals surface area contributed by atoms with E-state index in [1.807, 2.05) is 18.2 Å². The van der Waals surface area contributed by atoms with Gasteiger partial charge in [0, 0.05) is 0 Å². The Bertz CT molecular complexity index is 457. The summed E-state index contributed by atoms with van der Waals surface area (Å²) in [7, 11) is 0. The number of rotatable bonds is 1. The lowest BCUT2D eigenvalue weighted by atomic mass is 10.2. The molecule has 2 rings (SSSR count). The van der Waals surface area contributed by atoms with E-state index in [1.165, 1.54) is 5.56 Å². The Morgan fingerprint density at radius 1 is 1.46 bits per heavy atom. The number of aromatic nitrogens is 2. The van der Waals surface area contributed by atoms with Gasteiger partial charge in [0.15, 0.2) is 0 Å². The third-order valence-electron chi connectivity index (χ3n) is 1.97. The molecule has 0 aliphatic carbocycles. The highest BCUT2D eigenvalue weighted by Crippen LogP contribution is 2.15. The number of hydrogen-bond acceptors (Lipinski definition) is 2. The molecule has 0 unspecified atom stereocenters. The molecular weight excluding hydrogens is 180 g/mol. The molecule has 1 heterocycles. The number of thiol groups is 1. The van der Waals surface area contributed by atoms with Gasteiger partial charge < -0.3 is 4.98 Å². The molecule has 0 aliphatic heterocycles. The van der Waals surface area contributed by atoms with E-state index in [-0.39, 0.29) is 0 Å². The first-order valence-corrected chi connectivity index (χ1v) is 4.59. The van der Waals surface area contributed by atoms with Gasteiger partial charge >= 0.3 is 0 Å². The van der Waals surface area contributed by atoms with E-state index in [1.54, 1.807) is 5.41 Å². The number of hydrogen-bond donors (Lipinski definition) is 2. The van der Waals surface area contributed by atoms with E-state index in [2.05, 4.69) is 35.6 Å². The van der Waals surface area contributed by atoms with Crippen molar-refractivity contribution in [3.63, 3.8) is 0 Å². The molecule has 13 heavy (non-hydrogen) atoms. The van der Waals surface area contributed by atoms with Crippen molar-refractivity contribution in [2.24, 2.45) is 0 Å². The second-order valence-corrected chi connectivity index (χ2v) is 3.21. The minimum absolute atomic E-state index is 0.847. The monoisotopic (exact) mass is 190 g/mol. The Labute approximate surface area is 82.1 Å². The van der Waals surface area contributed by atoms with Crippen molar-refractivity contribution in [2.75, 3.05) is 0 Å². The van der Waals surface area contributed by atoms with Crippen molar-refractivity contribution >= 4 is 29.7 Å². The molecule has 0 bridgehead atoms. The number of H-pyrrole nitrogens is 1. The average Bonchev–Trinajstić information content (AvgIpc) is 2.49. The van der Waals surface area contributed by atoms with Crippen LogP contribution in [0.3, 0.4) is 0 Å². The van der Waals surface area contributed by atoms with E-state index >= 15 is 0 Å². The van der Waals surface area contributed by atoms with Crippen molar-refractivity contribution in [3.05, 3.63) is 35.0 Å². The van der Waals surface area contributed by atoms with Crippen LogP contribution in [0.5, 0.6) is 0 Å². The second kappa shape index (κ2) is 3.26. The van der Waals surface area contributed by atoms with Crippen LogP contribution < -0.4 is 0 Å². The Balaban J connectivity index is 2.68. The summed E-state index contributed by atoms with van der Waals surface area (Å²) in [6.07, 6.45) is 1.84. The fraction of sp³-hybridized carbons (Fsp3) is 0.100. The van der Waals surface area contributed by atoms with Crippen LogP contribution in [0.15, 0.2) is 23.6 Å². The highest BCUT2D eigenvalue weighted by atomic mass is 32.1. The largest absolute Gasteiger partial charge is 0.338 e. The molecule has 0 amide bonds. The zero-order valence-corrected chi connectivity index (χ0v) is 8.18. The number of nitrogens with one attached hydrogen (secondary N) is 1. The first-order chi connectivity index (χ1) is 6.31. The maximum Gasteiger partial charge on any atom is 0.131 e. The molecular formula is C10H10N2S. The Kier molecular flexibility index (Phi) is 2.10. The maximum atomic E-state index is 4.41. The molecule has 0 radical (unpaired) electrons. The minimum Gasteiger partial charge on any atom is -0.338 e. The molecule has 1 aromatic carbocycles. The number of fused-ring (bicyclic) bond motifs is 1. The molecule has 2 nitrogen and oxygen atoms in total. The molecule has 1 aromatic heterocycles. The quantitative estimate of drug-likeness (QED) is 0.665. The van der Waals surface area contributed by atoms with E-state index in [0.717, 1.165) is 16.9 Å². The smallest absolute Gasteiger partial charge is 0.131 e. The summed E-state index contributed by atoms with van der Waals surface area (Å²) >= 11 is 4.00. The first-order valence-electron chi connectivity index (χ1n) is 4.07. The van der Waals surface area contributed by atoms with Crippen molar-refractivity contribution < 1.29 is 0 Å². The predicted molar refractivity (Wildman–Crippen MR) is 58.9 cm³/mol. The summed E-state index contributed by atoms with van der Waals surface area (Å²) in [5.41, 5.74) is 3.29. The molecule has 0 spiro atoms. The molecule has 2 aromatic rings. The van der Waals surface area contributed by atoms with Crippen LogP contribution in [0.25, 0.3) is 17.1 Å². The van der Waals surface area contributed by atoms with Gasteiger partial charge in [0.25, 0.3) is 0 Å². The SMILES string of the molecule is Cc1cccc2[nH]c(C=CS)nc12. The summed E-state index contributed by atoms with van der Waals surface area (Å²) in [6.45, 7) is 2.05. The van der Waals surface area contributed by atoms with Crippen LogP contribution in [-0.4, -0.2) is 9.97 Å². The van der Waals surface area contributed by atoms with Gasteiger partial charge in [-0.3, -0.25) is 0 Å². The van der Waals surface area contributed by atoms with E-state index < -0.39 is 0 Å². The molecule has 0 saturated carbocycles. The lowest BCUT2D eigenvalue weighted by Crippen LogP contribution is -1.74. The van der Waals surface area contributed by atoms with E-state index in [9.17, 15) is 0 Å². The van der Waals surface area contributed by atoms with Crippen molar-refractivity contribution in [3.8, 4) is 0 Å². The average molecular weight is 190 g/mol.